The van der Waals surface area contributed by atoms with Gasteiger partial charge in [0.25, 0.3) is 0 Å². The average Bonchev–Trinajstić information content (AvgIpc) is 2.85. The molecule has 3 heteroatoms. The van der Waals surface area contributed by atoms with Crippen molar-refractivity contribution < 1.29 is 4.79 Å². The van der Waals surface area contributed by atoms with E-state index in [1.807, 2.05) is 0 Å². The summed E-state index contributed by atoms with van der Waals surface area (Å²) in [4.78, 5) is 14.6. The van der Waals surface area contributed by atoms with Crippen LogP contribution in [-0.2, 0) is 4.79 Å². The molecular formula is C12H20N2O. The zero-order chi connectivity index (χ0) is 10.3. The average molecular weight is 208 g/mol. The number of nitrogens with one attached hydrogen (secondary N) is 1. The van der Waals surface area contributed by atoms with Gasteiger partial charge in [-0.25, -0.2) is 0 Å². The highest BCUT2D eigenvalue weighted by molar-refractivity contribution is 5.80. The van der Waals surface area contributed by atoms with E-state index in [1.54, 1.807) is 0 Å². The summed E-state index contributed by atoms with van der Waals surface area (Å²) < 4.78 is 0. The highest BCUT2D eigenvalue weighted by atomic mass is 16.2. The minimum Gasteiger partial charge on any atom is -0.336 e. The van der Waals surface area contributed by atoms with Crippen LogP contribution in [-0.4, -0.2) is 36.0 Å². The summed E-state index contributed by atoms with van der Waals surface area (Å²) in [6, 6.07) is 1.19. The molecule has 1 amide bonds. The van der Waals surface area contributed by atoms with E-state index in [9.17, 15) is 4.79 Å². The van der Waals surface area contributed by atoms with Crippen LogP contribution in [0.2, 0.25) is 0 Å². The van der Waals surface area contributed by atoms with Crippen molar-refractivity contribution in [3.8, 4) is 0 Å². The summed E-state index contributed by atoms with van der Waals surface area (Å²) in [5, 5.41) is 3.29. The lowest BCUT2D eigenvalue weighted by Gasteiger charge is -2.36. The van der Waals surface area contributed by atoms with Gasteiger partial charge in [-0.15, -0.1) is 0 Å². The van der Waals surface area contributed by atoms with E-state index in [0.717, 1.165) is 19.5 Å². The third kappa shape index (κ3) is 1.57. The molecule has 3 rings (SSSR count). The first kappa shape index (κ1) is 9.64. The molecule has 3 heterocycles. The molecule has 3 atom stereocenters. The van der Waals surface area contributed by atoms with Crippen molar-refractivity contribution in [1.29, 1.82) is 0 Å². The Morgan fingerprint density at radius 2 is 1.80 bits per heavy atom. The van der Waals surface area contributed by atoms with E-state index in [1.165, 1.54) is 32.1 Å². The molecule has 84 valence electrons. The maximum absolute atomic E-state index is 12.3. The third-order valence-corrected chi connectivity index (χ3v) is 4.36. The fourth-order valence-electron chi connectivity index (χ4n) is 3.55. The van der Waals surface area contributed by atoms with Crippen molar-refractivity contribution in [3.05, 3.63) is 0 Å². The lowest BCUT2D eigenvalue weighted by molar-refractivity contribution is -0.139. The van der Waals surface area contributed by atoms with Gasteiger partial charge in [0.05, 0.1) is 5.92 Å². The maximum atomic E-state index is 12.3. The fourth-order valence-corrected chi connectivity index (χ4v) is 3.55. The Labute approximate surface area is 91.2 Å². The minimum absolute atomic E-state index is 0.284. The van der Waals surface area contributed by atoms with E-state index in [2.05, 4.69) is 10.2 Å². The summed E-state index contributed by atoms with van der Waals surface area (Å²) in [6.07, 6.45) is 7.41. The van der Waals surface area contributed by atoms with Gasteiger partial charge in [-0.3, -0.25) is 4.79 Å². The molecule has 2 bridgehead atoms. The van der Waals surface area contributed by atoms with Crippen LogP contribution in [0.15, 0.2) is 0 Å². The molecule has 3 aliphatic heterocycles. The highest BCUT2D eigenvalue weighted by Gasteiger charge is 2.41. The summed E-state index contributed by atoms with van der Waals surface area (Å²) in [7, 11) is 0. The molecule has 0 aromatic rings. The van der Waals surface area contributed by atoms with E-state index in [4.69, 9.17) is 0 Å². The van der Waals surface area contributed by atoms with Gasteiger partial charge in [-0.2, -0.15) is 0 Å². The number of piperidine rings is 1. The minimum atomic E-state index is 0.284. The monoisotopic (exact) mass is 208 g/mol. The standard InChI is InChI=1S/C12H20N2O/c15-12(9-6-7-13-8-9)14-10-2-1-3-11(14)5-4-10/h9-11,13H,1-8H2. The van der Waals surface area contributed by atoms with Gasteiger partial charge in [0.1, 0.15) is 0 Å². The second-order valence-electron chi connectivity index (χ2n) is 5.25. The Bertz CT molecular complexity index is 244. The topological polar surface area (TPSA) is 32.3 Å². The van der Waals surface area contributed by atoms with Crippen molar-refractivity contribution in [2.24, 2.45) is 5.92 Å². The third-order valence-electron chi connectivity index (χ3n) is 4.36. The van der Waals surface area contributed by atoms with Crippen LogP contribution in [0.5, 0.6) is 0 Å². The van der Waals surface area contributed by atoms with Crippen LogP contribution in [0.4, 0.5) is 0 Å². The van der Waals surface area contributed by atoms with E-state index < -0.39 is 0 Å². The van der Waals surface area contributed by atoms with Gasteiger partial charge in [0.2, 0.25) is 5.91 Å². The Balaban J connectivity index is 1.73. The smallest absolute Gasteiger partial charge is 0.227 e. The SMILES string of the molecule is O=C(C1CCNC1)N1C2CCCC1CC2. The quantitative estimate of drug-likeness (QED) is 0.701. The van der Waals surface area contributed by atoms with Crippen molar-refractivity contribution in [2.45, 2.75) is 50.6 Å². The van der Waals surface area contributed by atoms with Crippen molar-refractivity contribution in [1.82, 2.24) is 10.2 Å². The normalized spacial score (nSPS) is 39.7. The number of amides is 1. The molecule has 0 saturated carbocycles. The predicted octanol–water partition coefficient (Wildman–Crippen LogP) is 1.14. The summed E-state index contributed by atoms with van der Waals surface area (Å²) >= 11 is 0. The number of hydrogen-bond donors (Lipinski definition) is 1. The number of carbonyl (C=O) groups excluding carboxylic acids is 1. The Morgan fingerprint density at radius 3 is 2.40 bits per heavy atom. The van der Waals surface area contributed by atoms with Gasteiger partial charge < -0.3 is 10.2 Å². The van der Waals surface area contributed by atoms with Gasteiger partial charge in [-0.05, 0) is 45.1 Å². The van der Waals surface area contributed by atoms with E-state index in [0.29, 0.717) is 18.0 Å². The van der Waals surface area contributed by atoms with Crippen LogP contribution >= 0.6 is 0 Å². The molecule has 3 fully saturated rings. The molecule has 3 unspecified atom stereocenters. The zero-order valence-corrected chi connectivity index (χ0v) is 9.24. The Kier molecular flexibility index (Phi) is 2.43. The van der Waals surface area contributed by atoms with Crippen molar-refractivity contribution >= 4 is 5.91 Å². The van der Waals surface area contributed by atoms with E-state index >= 15 is 0 Å². The van der Waals surface area contributed by atoms with Gasteiger partial charge in [-0.1, -0.05) is 0 Å². The van der Waals surface area contributed by atoms with Gasteiger partial charge in [0, 0.05) is 18.6 Å². The first-order valence-electron chi connectivity index (χ1n) is 6.39. The molecule has 15 heavy (non-hydrogen) atoms. The van der Waals surface area contributed by atoms with Crippen molar-refractivity contribution in [3.63, 3.8) is 0 Å². The second kappa shape index (κ2) is 3.78. The lowest BCUT2D eigenvalue weighted by atomic mass is 9.99. The first-order chi connectivity index (χ1) is 7.36. The first-order valence-corrected chi connectivity index (χ1v) is 6.39. The fraction of sp³-hybridized carbons (Fsp3) is 0.917. The number of rotatable bonds is 1. The predicted molar refractivity (Wildman–Crippen MR) is 58.5 cm³/mol. The van der Waals surface area contributed by atoms with Crippen LogP contribution < -0.4 is 5.32 Å². The molecule has 0 spiro atoms. The Morgan fingerprint density at radius 1 is 1.07 bits per heavy atom. The second-order valence-corrected chi connectivity index (χ2v) is 5.25. The number of fused-ring (bicyclic) bond motifs is 2. The molecule has 0 aromatic heterocycles. The highest BCUT2D eigenvalue weighted by Crippen LogP contribution is 2.36. The molecule has 3 aliphatic rings. The summed E-state index contributed by atoms with van der Waals surface area (Å²) in [6.45, 7) is 1.94. The van der Waals surface area contributed by atoms with E-state index in [-0.39, 0.29) is 5.92 Å². The zero-order valence-electron chi connectivity index (χ0n) is 9.24. The molecular weight excluding hydrogens is 188 g/mol. The van der Waals surface area contributed by atoms with Crippen LogP contribution in [0, 0.1) is 5.92 Å². The van der Waals surface area contributed by atoms with Crippen LogP contribution in [0.3, 0.4) is 0 Å². The summed E-state index contributed by atoms with van der Waals surface area (Å²) in [5.41, 5.74) is 0. The molecule has 0 radical (unpaired) electrons. The Hall–Kier alpha value is -0.570. The maximum Gasteiger partial charge on any atom is 0.227 e. The number of carbonyl (C=O) groups is 1. The molecule has 0 aromatic carbocycles. The molecule has 0 aliphatic carbocycles. The van der Waals surface area contributed by atoms with Crippen LogP contribution in [0.1, 0.15) is 38.5 Å². The number of hydrogen-bond acceptors (Lipinski definition) is 2. The molecule has 3 nitrogen and oxygen atoms in total. The molecule has 3 saturated heterocycles. The number of nitrogens with zero attached hydrogens (tertiary/aromatic N) is 1. The largest absolute Gasteiger partial charge is 0.336 e. The summed E-state index contributed by atoms with van der Waals surface area (Å²) in [5.74, 6) is 0.735. The lowest BCUT2D eigenvalue weighted by Crippen LogP contribution is -2.47. The molecule has 1 N–H and O–H groups in total. The van der Waals surface area contributed by atoms with Gasteiger partial charge >= 0.3 is 0 Å². The van der Waals surface area contributed by atoms with Crippen LogP contribution in [0.25, 0.3) is 0 Å². The van der Waals surface area contributed by atoms with Crippen molar-refractivity contribution in [2.75, 3.05) is 13.1 Å². The van der Waals surface area contributed by atoms with Gasteiger partial charge in [0.15, 0.2) is 0 Å².